The smallest absolute Gasteiger partial charge is 0.415 e. The molecule has 4 rings (SSSR count). The molecule has 0 N–H and O–H groups in total. The fourth-order valence-electron chi connectivity index (χ4n) is 4.06. The van der Waals surface area contributed by atoms with Crippen molar-refractivity contribution < 1.29 is 23.8 Å². The summed E-state index contributed by atoms with van der Waals surface area (Å²) in [5.41, 5.74) is 1.04. The van der Waals surface area contributed by atoms with Gasteiger partial charge in [-0.15, -0.1) is 0 Å². The van der Waals surface area contributed by atoms with Crippen LogP contribution in [0.25, 0.3) is 0 Å². The number of rotatable bonds is 8. The standard InChI is InChI=1S/C26H25NO5/c1-30-22-13-9-20(10-14-22)26(24(28)17-8-19-6-4-3-5-7-19)18-32-25(29)27(26)21-11-15-23(31-2)16-12-21/h3-7,9-16H,8,17-18H2,1-2H3/t26-/m0/s1. The monoisotopic (exact) mass is 431 g/mol. The first-order chi connectivity index (χ1) is 15.6. The Balaban J connectivity index is 1.76. The third-order valence-corrected chi connectivity index (χ3v) is 5.81. The zero-order valence-corrected chi connectivity index (χ0v) is 18.1. The second-order valence-corrected chi connectivity index (χ2v) is 7.59. The van der Waals surface area contributed by atoms with E-state index in [2.05, 4.69) is 0 Å². The number of hydrogen-bond acceptors (Lipinski definition) is 5. The summed E-state index contributed by atoms with van der Waals surface area (Å²) >= 11 is 0. The molecule has 1 heterocycles. The number of amides is 1. The van der Waals surface area contributed by atoms with E-state index >= 15 is 0 Å². The Labute approximate surface area is 187 Å². The molecule has 6 heteroatoms. The second kappa shape index (κ2) is 9.14. The number of Topliss-reactive ketones (excluding diaryl/α,β-unsaturated/α-hetero) is 1. The van der Waals surface area contributed by atoms with Crippen molar-refractivity contribution in [2.45, 2.75) is 18.4 Å². The van der Waals surface area contributed by atoms with Crippen molar-refractivity contribution in [2.24, 2.45) is 0 Å². The highest BCUT2D eigenvalue weighted by atomic mass is 16.6. The SMILES string of the molecule is COc1ccc(N2C(=O)OC[C@@]2(C(=O)CCc2ccccc2)c2ccc(OC)cc2)cc1. The number of carbonyl (C=O) groups is 2. The van der Waals surface area contributed by atoms with E-state index in [1.807, 2.05) is 42.5 Å². The molecule has 1 amide bonds. The minimum atomic E-state index is -1.27. The molecule has 1 fully saturated rings. The lowest BCUT2D eigenvalue weighted by Crippen LogP contribution is -2.51. The number of ether oxygens (including phenoxy) is 3. The molecule has 0 aliphatic carbocycles. The van der Waals surface area contributed by atoms with E-state index in [4.69, 9.17) is 14.2 Å². The Hall–Kier alpha value is -3.80. The molecule has 164 valence electrons. The van der Waals surface area contributed by atoms with Crippen LogP contribution in [-0.2, 0) is 21.5 Å². The summed E-state index contributed by atoms with van der Waals surface area (Å²) < 4.78 is 16.0. The van der Waals surface area contributed by atoms with Crippen LogP contribution in [0.5, 0.6) is 11.5 Å². The van der Waals surface area contributed by atoms with Crippen molar-refractivity contribution in [3.05, 3.63) is 90.0 Å². The highest BCUT2D eigenvalue weighted by Crippen LogP contribution is 2.41. The van der Waals surface area contributed by atoms with Gasteiger partial charge in [0.25, 0.3) is 0 Å². The summed E-state index contributed by atoms with van der Waals surface area (Å²) in [5.74, 6) is 1.24. The van der Waals surface area contributed by atoms with Gasteiger partial charge in [-0.2, -0.15) is 0 Å². The number of hydrogen-bond donors (Lipinski definition) is 0. The third-order valence-electron chi connectivity index (χ3n) is 5.81. The van der Waals surface area contributed by atoms with Gasteiger partial charge < -0.3 is 14.2 Å². The van der Waals surface area contributed by atoms with Crippen LogP contribution in [0.3, 0.4) is 0 Å². The van der Waals surface area contributed by atoms with Crippen LogP contribution in [0, 0.1) is 0 Å². The first-order valence-electron chi connectivity index (χ1n) is 10.4. The number of ketones is 1. The van der Waals surface area contributed by atoms with E-state index in [0.29, 0.717) is 29.2 Å². The summed E-state index contributed by atoms with van der Waals surface area (Å²) in [6, 6.07) is 24.1. The number of anilines is 1. The summed E-state index contributed by atoms with van der Waals surface area (Å²) in [7, 11) is 3.16. The molecule has 1 atom stereocenters. The fourth-order valence-corrected chi connectivity index (χ4v) is 4.06. The van der Waals surface area contributed by atoms with Crippen LogP contribution < -0.4 is 14.4 Å². The van der Waals surface area contributed by atoms with Gasteiger partial charge in [0, 0.05) is 12.1 Å². The molecule has 32 heavy (non-hydrogen) atoms. The number of cyclic esters (lactones) is 1. The topological polar surface area (TPSA) is 65.1 Å². The van der Waals surface area contributed by atoms with E-state index in [1.54, 1.807) is 50.6 Å². The zero-order valence-electron chi connectivity index (χ0n) is 18.1. The summed E-state index contributed by atoms with van der Waals surface area (Å²) in [6.07, 6.45) is 0.278. The highest BCUT2D eigenvalue weighted by Gasteiger charge is 2.54. The number of benzene rings is 3. The van der Waals surface area contributed by atoms with E-state index in [9.17, 15) is 9.59 Å². The Morgan fingerprint density at radius 1 is 0.906 bits per heavy atom. The highest BCUT2D eigenvalue weighted by molar-refractivity contribution is 6.05. The summed E-state index contributed by atoms with van der Waals surface area (Å²) in [6.45, 7) is -0.0577. The van der Waals surface area contributed by atoms with Gasteiger partial charge in [0.05, 0.1) is 14.2 Å². The molecular weight excluding hydrogens is 406 g/mol. The molecule has 0 spiro atoms. The van der Waals surface area contributed by atoms with Crippen molar-refractivity contribution in [1.29, 1.82) is 0 Å². The minimum Gasteiger partial charge on any atom is -0.497 e. The maximum absolute atomic E-state index is 13.8. The van der Waals surface area contributed by atoms with Crippen LogP contribution in [0.1, 0.15) is 17.5 Å². The van der Waals surface area contributed by atoms with E-state index in [1.165, 1.54) is 4.90 Å². The molecule has 0 unspecified atom stereocenters. The molecule has 0 bridgehead atoms. The first-order valence-corrected chi connectivity index (χ1v) is 10.4. The van der Waals surface area contributed by atoms with Crippen LogP contribution in [0.15, 0.2) is 78.9 Å². The molecule has 1 aliphatic heterocycles. The number of nitrogens with zero attached hydrogens (tertiary/aromatic N) is 1. The summed E-state index contributed by atoms with van der Waals surface area (Å²) in [4.78, 5) is 28.2. The van der Waals surface area contributed by atoms with Gasteiger partial charge in [-0.25, -0.2) is 4.79 Å². The van der Waals surface area contributed by atoms with Gasteiger partial charge in [0.2, 0.25) is 0 Å². The van der Waals surface area contributed by atoms with Crippen molar-refractivity contribution in [2.75, 3.05) is 25.7 Å². The van der Waals surface area contributed by atoms with Gasteiger partial charge in [0.15, 0.2) is 11.3 Å². The normalized spacial score (nSPS) is 17.7. The van der Waals surface area contributed by atoms with Crippen LogP contribution in [0.4, 0.5) is 10.5 Å². The number of methoxy groups -OCH3 is 2. The van der Waals surface area contributed by atoms with Crippen molar-refractivity contribution >= 4 is 17.6 Å². The lowest BCUT2D eigenvalue weighted by atomic mass is 9.82. The minimum absolute atomic E-state index is 0.0577. The van der Waals surface area contributed by atoms with E-state index in [0.717, 1.165) is 5.56 Å². The van der Waals surface area contributed by atoms with Crippen LogP contribution >= 0.6 is 0 Å². The van der Waals surface area contributed by atoms with Crippen molar-refractivity contribution in [3.8, 4) is 11.5 Å². The average molecular weight is 431 g/mol. The predicted molar refractivity (Wildman–Crippen MR) is 121 cm³/mol. The molecular formula is C26H25NO5. The average Bonchev–Trinajstić information content (AvgIpc) is 3.21. The molecule has 1 aliphatic rings. The number of aryl methyl sites for hydroxylation is 1. The van der Waals surface area contributed by atoms with Gasteiger partial charge in [-0.1, -0.05) is 42.5 Å². The van der Waals surface area contributed by atoms with Crippen LogP contribution in [-0.4, -0.2) is 32.7 Å². The molecule has 6 nitrogen and oxygen atoms in total. The Bertz CT molecular complexity index is 1080. The lowest BCUT2D eigenvalue weighted by Gasteiger charge is -2.35. The Kier molecular flexibility index (Phi) is 6.12. The Morgan fingerprint density at radius 3 is 2.09 bits per heavy atom. The third kappa shape index (κ3) is 3.91. The second-order valence-electron chi connectivity index (χ2n) is 7.59. The zero-order chi connectivity index (χ0) is 22.6. The van der Waals surface area contributed by atoms with E-state index < -0.39 is 11.6 Å². The molecule has 0 aromatic heterocycles. The molecule has 3 aromatic carbocycles. The maximum atomic E-state index is 13.8. The van der Waals surface area contributed by atoms with Gasteiger partial charge in [-0.3, -0.25) is 9.69 Å². The van der Waals surface area contributed by atoms with E-state index in [-0.39, 0.29) is 18.8 Å². The molecule has 3 aromatic rings. The first kappa shape index (κ1) is 21.4. The van der Waals surface area contributed by atoms with Crippen molar-refractivity contribution in [3.63, 3.8) is 0 Å². The predicted octanol–water partition coefficient (Wildman–Crippen LogP) is 4.76. The van der Waals surface area contributed by atoms with Gasteiger partial charge in [-0.05, 0) is 53.9 Å². The Morgan fingerprint density at radius 2 is 1.50 bits per heavy atom. The fraction of sp³-hybridized carbons (Fsp3) is 0.231. The largest absolute Gasteiger partial charge is 0.497 e. The molecule has 1 saturated heterocycles. The van der Waals surface area contributed by atoms with Crippen LogP contribution in [0.2, 0.25) is 0 Å². The molecule has 0 radical (unpaired) electrons. The van der Waals surface area contributed by atoms with Gasteiger partial charge >= 0.3 is 6.09 Å². The number of carbonyl (C=O) groups excluding carboxylic acids is 2. The van der Waals surface area contributed by atoms with Crippen molar-refractivity contribution in [1.82, 2.24) is 0 Å². The maximum Gasteiger partial charge on any atom is 0.415 e. The lowest BCUT2D eigenvalue weighted by molar-refractivity contribution is -0.124. The van der Waals surface area contributed by atoms with Gasteiger partial charge in [0.1, 0.15) is 18.1 Å². The molecule has 0 saturated carbocycles. The quantitative estimate of drug-likeness (QED) is 0.515. The summed E-state index contributed by atoms with van der Waals surface area (Å²) in [5, 5.41) is 0.